The van der Waals surface area contributed by atoms with Crippen molar-refractivity contribution in [3.63, 3.8) is 0 Å². The number of amides is 1. The third-order valence-corrected chi connectivity index (χ3v) is 3.04. The summed E-state index contributed by atoms with van der Waals surface area (Å²) in [6, 6.07) is 5.40. The van der Waals surface area contributed by atoms with Crippen molar-refractivity contribution in [1.29, 1.82) is 0 Å². The maximum Gasteiger partial charge on any atom is 0.257 e. The van der Waals surface area contributed by atoms with Gasteiger partial charge in [-0.05, 0) is 32.0 Å². The quantitative estimate of drug-likeness (QED) is 0.724. The minimum absolute atomic E-state index is 0. The fourth-order valence-corrected chi connectivity index (χ4v) is 1.70. The van der Waals surface area contributed by atoms with Gasteiger partial charge in [0.2, 0.25) is 0 Å². The summed E-state index contributed by atoms with van der Waals surface area (Å²) in [5, 5.41) is 6.63. The first kappa shape index (κ1) is 19.0. The van der Waals surface area contributed by atoms with E-state index < -0.39 is 0 Å². The summed E-state index contributed by atoms with van der Waals surface area (Å²) in [7, 11) is 0. The molecule has 1 aromatic carbocycles. The Morgan fingerprint density at radius 3 is 2.75 bits per heavy atom. The molecule has 4 nitrogen and oxygen atoms in total. The van der Waals surface area contributed by atoms with Crippen molar-refractivity contribution in [2.24, 2.45) is 0 Å². The van der Waals surface area contributed by atoms with Crippen molar-refractivity contribution in [3.05, 3.63) is 28.8 Å². The van der Waals surface area contributed by atoms with E-state index in [1.54, 1.807) is 18.2 Å². The summed E-state index contributed by atoms with van der Waals surface area (Å²) in [5.41, 5.74) is 0.849. The molecule has 0 atom stereocenters. The number of halogens is 2. The first-order chi connectivity index (χ1) is 9.15. The van der Waals surface area contributed by atoms with Crippen molar-refractivity contribution in [3.8, 4) is 5.75 Å². The molecule has 1 amide bonds. The minimum Gasteiger partial charge on any atom is -0.483 e. The molecule has 114 valence electrons. The molecule has 1 aromatic rings. The summed E-state index contributed by atoms with van der Waals surface area (Å²) in [6.45, 7) is 6.33. The highest BCUT2D eigenvalue weighted by molar-refractivity contribution is 6.31. The molecule has 0 radical (unpaired) electrons. The zero-order valence-corrected chi connectivity index (χ0v) is 13.4. The van der Waals surface area contributed by atoms with Crippen LogP contribution < -0.4 is 15.4 Å². The zero-order chi connectivity index (χ0) is 14.1. The molecule has 0 aliphatic carbocycles. The first-order valence-electron chi connectivity index (χ1n) is 6.50. The van der Waals surface area contributed by atoms with Gasteiger partial charge in [-0.15, -0.1) is 12.4 Å². The van der Waals surface area contributed by atoms with E-state index in [9.17, 15) is 4.79 Å². The van der Waals surface area contributed by atoms with E-state index in [4.69, 9.17) is 16.3 Å². The molecule has 0 unspecified atom stereocenters. The predicted octanol–water partition coefficient (Wildman–Crippen LogP) is 2.56. The summed E-state index contributed by atoms with van der Waals surface area (Å²) in [5.74, 6) is 0.518. The van der Waals surface area contributed by atoms with Gasteiger partial charge in [0.15, 0.2) is 6.61 Å². The molecule has 2 N–H and O–H groups in total. The molecule has 0 bridgehead atoms. The van der Waals surface area contributed by atoms with Crippen molar-refractivity contribution >= 4 is 29.9 Å². The smallest absolute Gasteiger partial charge is 0.257 e. The van der Waals surface area contributed by atoms with Crippen LogP contribution in [0.1, 0.15) is 18.9 Å². The number of hydrogen-bond acceptors (Lipinski definition) is 3. The van der Waals surface area contributed by atoms with Gasteiger partial charge in [-0.2, -0.15) is 0 Å². The highest BCUT2D eigenvalue weighted by Gasteiger charge is 2.06. The van der Waals surface area contributed by atoms with Gasteiger partial charge < -0.3 is 15.4 Å². The molecular weight excluding hydrogens is 299 g/mol. The Morgan fingerprint density at radius 2 is 2.05 bits per heavy atom. The lowest BCUT2D eigenvalue weighted by molar-refractivity contribution is -0.123. The van der Waals surface area contributed by atoms with Gasteiger partial charge in [0.05, 0.1) is 0 Å². The highest BCUT2D eigenvalue weighted by Crippen LogP contribution is 2.24. The maximum absolute atomic E-state index is 11.5. The number of benzene rings is 1. The molecule has 20 heavy (non-hydrogen) atoms. The van der Waals surface area contributed by atoms with Gasteiger partial charge >= 0.3 is 0 Å². The maximum atomic E-state index is 11.5. The second-order valence-electron chi connectivity index (χ2n) is 4.25. The molecule has 0 fully saturated rings. The van der Waals surface area contributed by atoms with Gasteiger partial charge in [0, 0.05) is 23.7 Å². The highest BCUT2D eigenvalue weighted by atomic mass is 35.5. The van der Waals surface area contributed by atoms with E-state index in [0.717, 1.165) is 25.1 Å². The molecule has 0 aliphatic heterocycles. The Labute approximate surface area is 131 Å². The summed E-state index contributed by atoms with van der Waals surface area (Å²) < 4.78 is 5.44. The third-order valence-electron chi connectivity index (χ3n) is 2.63. The topological polar surface area (TPSA) is 50.4 Å². The van der Waals surface area contributed by atoms with E-state index in [-0.39, 0.29) is 24.9 Å². The van der Waals surface area contributed by atoms with Crippen molar-refractivity contribution < 1.29 is 9.53 Å². The monoisotopic (exact) mass is 320 g/mol. The Bertz CT molecular complexity index is 414. The number of carbonyl (C=O) groups is 1. The lowest BCUT2D eigenvalue weighted by Gasteiger charge is -2.10. The Hall–Kier alpha value is -0.970. The Kier molecular flexibility index (Phi) is 10.3. The average molecular weight is 321 g/mol. The van der Waals surface area contributed by atoms with Crippen LogP contribution in [0.2, 0.25) is 5.02 Å². The van der Waals surface area contributed by atoms with Crippen LogP contribution in [0, 0.1) is 6.92 Å². The van der Waals surface area contributed by atoms with Crippen LogP contribution in [0.25, 0.3) is 0 Å². The van der Waals surface area contributed by atoms with Crippen LogP contribution in [0.4, 0.5) is 0 Å². The SMILES string of the molecule is CCCNCCNC(=O)COc1cccc(Cl)c1C.Cl. The first-order valence-corrected chi connectivity index (χ1v) is 6.88. The van der Waals surface area contributed by atoms with Crippen LogP contribution in [0.5, 0.6) is 5.75 Å². The standard InChI is InChI=1S/C14H21ClN2O2.ClH/c1-3-7-16-8-9-17-14(18)10-19-13-6-4-5-12(15)11(13)2;/h4-6,16H,3,7-10H2,1-2H3,(H,17,18);1H. The van der Waals surface area contributed by atoms with Crippen LogP contribution in [0.3, 0.4) is 0 Å². The van der Waals surface area contributed by atoms with Crippen LogP contribution >= 0.6 is 24.0 Å². The third kappa shape index (κ3) is 6.98. The average Bonchev–Trinajstić information content (AvgIpc) is 2.40. The van der Waals surface area contributed by atoms with Crippen LogP contribution in [-0.4, -0.2) is 32.1 Å². The predicted molar refractivity (Wildman–Crippen MR) is 85.1 cm³/mol. The molecule has 0 aliphatic rings. The van der Waals surface area contributed by atoms with Crippen LogP contribution in [-0.2, 0) is 4.79 Å². The Morgan fingerprint density at radius 1 is 1.30 bits per heavy atom. The molecule has 0 saturated heterocycles. The van der Waals surface area contributed by atoms with Crippen LogP contribution in [0.15, 0.2) is 18.2 Å². The molecular formula is C14H22Cl2N2O2. The number of carbonyl (C=O) groups excluding carboxylic acids is 1. The lowest BCUT2D eigenvalue weighted by atomic mass is 10.2. The summed E-state index contributed by atoms with van der Waals surface area (Å²) in [4.78, 5) is 11.5. The normalized spacial score (nSPS) is 9.75. The molecule has 0 aromatic heterocycles. The molecule has 0 heterocycles. The number of nitrogens with one attached hydrogen (secondary N) is 2. The van der Waals surface area contributed by atoms with E-state index in [2.05, 4.69) is 17.6 Å². The van der Waals surface area contributed by atoms with Gasteiger partial charge in [-0.25, -0.2) is 0 Å². The fourth-order valence-electron chi connectivity index (χ4n) is 1.53. The fraction of sp³-hybridized carbons (Fsp3) is 0.500. The van der Waals surface area contributed by atoms with Crippen molar-refractivity contribution in [2.75, 3.05) is 26.2 Å². The second-order valence-corrected chi connectivity index (χ2v) is 4.66. The molecule has 0 spiro atoms. The number of rotatable bonds is 8. The van der Waals surface area contributed by atoms with Gasteiger partial charge in [0.25, 0.3) is 5.91 Å². The molecule has 6 heteroatoms. The molecule has 0 saturated carbocycles. The summed E-state index contributed by atoms with van der Waals surface area (Å²) in [6.07, 6.45) is 1.09. The molecule has 1 rings (SSSR count). The minimum atomic E-state index is -0.127. The van der Waals surface area contributed by atoms with Crippen molar-refractivity contribution in [1.82, 2.24) is 10.6 Å². The van der Waals surface area contributed by atoms with Gasteiger partial charge in [-0.1, -0.05) is 24.6 Å². The summed E-state index contributed by atoms with van der Waals surface area (Å²) >= 11 is 5.97. The van der Waals surface area contributed by atoms with E-state index in [1.807, 2.05) is 6.92 Å². The van der Waals surface area contributed by atoms with Gasteiger partial charge in [-0.3, -0.25) is 4.79 Å². The Balaban J connectivity index is 0.00000361. The zero-order valence-electron chi connectivity index (χ0n) is 11.9. The van der Waals surface area contributed by atoms with E-state index in [0.29, 0.717) is 17.3 Å². The number of hydrogen-bond donors (Lipinski definition) is 2. The van der Waals surface area contributed by atoms with Gasteiger partial charge in [0.1, 0.15) is 5.75 Å². The van der Waals surface area contributed by atoms with E-state index in [1.165, 1.54) is 0 Å². The lowest BCUT2D eigenvalue weighted by Crippen LogP contribution is -2.35. The second kappa shape index (κ2) is 10.8. The van der Waals surface area contributed by atoms with Crippen molar-refractivity contribution in [2.45, 2.75) is 20.3 Å². The largest absolute Gasteiger partial charge is 0.483 e. The number of ether oxygens (including phenoxy) is 1. The van der Waals surface area contributed by atoms with E-state index >= 15 is 0 Å².